The quantitative estimate of drug-likeness (QED) is 0.453. The molecule has 2 aromatic carbocycles. The molecule has 1 fully saturated rings. The Morgan fingerprint density at radius 2 is 2.07 bits per heavy atom. The van der Waals surface area contributed by atoms with E-state index in [2.05, 4.69) is 0 Å². The van der Waals surface area contributed by atoms with Crippen LogP contribution in [0.5, 0.6) is 5.75 Å². The molecule has 4 rings (SSSR count). The largest absolute Gasteiger partial charge is 0.494 e. The van der Waals surface area contributed by atoms with E-state index in [-0.39, 0.29) is 18.4 Å². The van der Waals surface area contributed by atoms with Crippen molar-refractivity contribution in [1.82, 2.24) is 4.98 Å². The molecule has 0 spiro atoms. The lowest BCUT2D eigenvalue weighted by atomic mass is 10.2. The van der Waals surface area contributed by atoms with Crippen LogP contribution in [0.1, 0.15) is 26.2 Å². The van der Waals surface area contributed by atoms with Crippen LogP contribution in [-0.2, 0) is 14.3 Å². The van der Waals surface area contributed by atoms with E-state index in [0.29, 0.717) is 25.0 Å². The summed E-state index contributed by atoms with van der Waals surface area (Å²) in [5, 5.41) is 0.657. The number of fused-ring (bicyclic) bond motifs is 1. The van der Waals surface area contributed by atoms with Crippen molar-refractivity contribution in [3.8, 4) is 5.75 Å². The van der Waals surface area contributed by atoms with Gasteiger partial charge in [-0.2, -0.15) is 0 Å². The average molecular weight is 427 g/mol. The van der Waals surface area contributed by atoms with Crippen LogP contribution in [0.25, 0.3) is 10.2 Å². The molecule has 0 aliphatic carbocycles. The van der Waals surface area contributed by atoms with Gasteiger partial charge in [0.2, 0.25) is 5.91 Å². The number of hydrogen-bond donors (Lipinski definition) is 0. The van der Waals surface area contributed by atoms with E-state index in [1.807, 2.05) is 55.5 Å². The fourth-order valence-electron chi connectivity index (χ4n) is 3.44. The summed E-state index contributed by atoms with van der Waals surface area (Å²) < 4.78 is 17.9. The summed E-state index contributed by atoms with van der Waals surface area (Å²) in [6.45, 7) is 4.24. The van der Waals surface area contributed by atoms with Gasteiger partial charge >= 0.3 is 0 Å². The third kappa shape index (κ3) is 4.98. The maximum atomic E-state index is 13.2. The van der Waals surface area contributed by atoms with E-state index in [9.17, 15) is 4.79 Å². The molecular weight excluding hydrogens is 400 g/mol. The first-order valence-corrected chi connectivity index (χ1v) is 11.2. The molecule has 0 saturated carbocycles. The molecule has 1 aliphatic heterocycles. The fraction of sp³-hybridized carbons (Fsp3) is 0.391. The summed E-state index contributed by atoms with van der Waals surface area (Å²) in [7, 11) is 0. The maximum absolute atomic E-state index is 13.2. The number of carbonyl (C=O) groups is 1. The highest BCUT2D eigenvalue weighted by Crippen LogP contribution is 2.34. The number of hydrogen-bond acceptors (Lipinski definition) is 6. The number of amides is 1. The highest BCUT2D eigenvalue weighted by Gasteiger charge is 2.22. The third-order valence-electron chi connectivity index (χ3n) is 4.92. The zero-order valence-corrected chi connectivity index (χ0v) is 17.9. The van der Waals surface area contributed by atoms with E-state index in [1.54, 1.807) is 4.90 Å². The number of anilines is 2. The molecule has 3 aromatic rings. The monoisotopic (exact) mass is 426 g/mol. The second-order valence-corrected chi connectivity index (χ2v) is 8.09. The van der Waals surface area contributed by atoms with Crippen molar-refractivity contribution in [2.75, 3.05) is 31.3 Å². The smallest absolute Gasteiger partial charge is 0.235 e. The second kappa shape index (κ2) is 10.0. The number of ether oxygens (including phenoxy) is 3. The normalized spacial score (nSPS) is 16.1. The molecule has 6 nitrogen and oxygen atoms in total. The minimum absolute atomic E-state index is 0.0504. The van der Waals surface area contributed by atoms with Crippen molar-refractivity contribution in [3.63, 3.8) is 0 Å². The molecular formula is C23H26N2O4S. The van der Waals surface area contributed by atoms with Crippen molar-refractivity contribution in [2.45, 2.75) is 32.3 Å². The topological polar surface area (TPSA) is 60.9 Å². The Labute approximate surface area is 180 Å². The highest BCUT2D eigenvalue weighted by atomic mass is 32.1. The minimum Gasteiger partial charge on any atom is -0.494 e. The molecule has 0 bridgehead atoms. The van der Waals surface area contributed by atoms with Crippen LogP contribution >= 0.6 is 11.3 Å². The fourth-order valence-corrected chi connectivity index (χ4v) is 4.44. The summed E-state index contributed by atoms with van der Waals surface area (Å²) in [6, 6.07) is 15.4. The number of thiazole rings is 1. The van der Waals surface area contributed by atoms with Gasteiger partial charge < -0.3 is 14.2 Å². The highest BCUT2D eigenvalue weighted by molar-refractivity contribution is 7.22. The van der Waals surface area contributed by atoms with E-state index in [0.717, 1.165) is 41.1 Å². The number of nitrogens with zero attached hydrogens (tertiary/aromatic N) is 2. The first-order chi connectivity index (χ1) is 14.7. The van der Waals surface area contributed by atoms with E-state index < -0.39 is 0 Å². The first kappa shape index (κ1) is 20.8. The molecule has 158 valence electrons. The molecule has 30 heavy (non-hydrogen) atoms. The lowest BCUT2D eigenvalue weighted by Gasteiger charge is -2.20. The summed E-state index contributed by atoms with van der Waals surface area (Å²) in [6.07, 6.45) is 2.54. The minimum atomic E-state index is -0.0504. The molecule has 1 unspecified atom stereocenters. The summed E-state index contributed by atoms with van der Waals surface area (Å²) in [4.78, 5) is 19.5. The first-order valence-electron chi connectivity index (χ1n) is 10.4. The van der Waals surface area contributed by atoms with Crippen LogP contribution in [0, 0.1) is 0 Å². The lowest BCUT2D eigenvalue weighted by Crippen LogP contribution is -2.27. The van der Waals surface area contributed by atoms with Gasteiger partial charge in [-0.15, -0.1) is 0 Å². The Morgan fingerprint density at radius 3 is 2.80 bits per heavy atom. The Kier molecular flexibility index (Phi) is 6.94. The summed E-state index contributed by atoms with van der Waals surface area (Å²) in [5.41, 5.74) is 1.65. The zero-order chi connectivity index (χ0) is 20.8. The van der Waals surface area contributed by atoms with Gasteiger partial charge in [0.15, 0.2) is 5.13 Å². The van der Waals surface area contributed by atoms with Crippen LogP contribution in [0.15, 0.2) is 48.5 Å². The molecule has 1 aliphatic rings. The van der Waals surface area contributed by atoms with E-state index in [1.165, 1.54) is 11.3 Å². The predicted octanol–water partition coefficient (Wildman–Crippen LogP) is 4.95. The Balaban J connectivity index is 1.50. The average Bonchev–Trinajstić information content (AvgIpc) is 3.42. The number of benzene rings is 2. The molecule has 0 radical (unpaired) electrons. The van der Waals surface area contributed by atoms with E-state index in [4.69, 9.17) is 19.2 Å². The second-order valence-electron chi connectivity index (χ2n) is 7.08. The number of para-hydroxylation sites is 1. The summed E-state index contributed by atoms with van der Waals surface area (Å²) >= 11 is 1.50. The van der Waals surface area contributed by atoms with Gasteiger partial charge in [-0.1, -0.05) is 23.5 Å². The van der Waals surface area contributed by atoms with Gasteiger partial charge in [0, 0.05) is 6.61 Å². The van der Waals surface area contributed by atoms with Gasteiger partial charge in [-0.05, 0) is 56.2 Å². The molecule has 1 aromatic heterocycles. The van der Waals surface area contributed by atoms with E-state index >= 15 is 0 Å². The maximum Gasteiger partial charge on any atom is 0.235 e. The van der Waals surface area contributed by atoms with Gasteiger partial charge in [-0.25, -0.2) is 4.98 Å². The predicted molar refractivity (Wildman–Crippen MR) is 119 cm³/mol. The van der Waals surface area contributed by atoms with Crippen molar-refractivity contribution in [3.05, 3.63) is 48.5 Å². The van der Waals surface area contributed by atoms with Crippen LogP contribution in [-0.4, -0.2) is 43.4 Å². The lowest BCUT2D eigenvalue weighted by molar-refractivity contribution is -0.119. The van der Waals surface area contributed by atoms with Gasteiger partial charge in [-0.3, -0.25) is 9.69 Å². The number of rotatable bonds is 9. The van der Waals surface area contributed by atoms with Crippen molar-refractivity contribution in [1.29, 1.82) is 0 Å². The van der Waals surface area contributed by atoms with Crippen LogP contribution in [0.4, 0.5) is 10.8 Å². The molecule has 2 heterocycles. The molecule has 1 saturated heterocycles. The van der Waals surface area contributed by atoms with Crippen LogP contribution < -0.4 is 9.64 Å². The van der Waals surface area contributed by atoms with Crippen LogP contribution in [0.3, 0.4) is 0 Å². The van der Waals surface area contributed by atoms with Crippen LogP contribution in [0.2, 0.25) is 0 Å². The molecule has 1 amide bonds. The molecule has 0 N–H and O–H groups in total. The van der Waals surface area contributed by atoms with Gasteiger partial charge in [0.25, 0.3) is 0 Å². The standard InChI is InChI=1S/C23H26N2O4S/c1-2-28-18-11-9-17(10-12-18)25(23-24-20-7-3-4-8-21(20)30-23)22(26)13-15-27-16-19-6-5-14-29-19/h3-4,7-12,19H,2,5-6,13-16H2,1H3. The zero-order valence-electron chi connectivity index (χ0n) is 17.1. The summed E-state index contributed by atoms with van der Waals surface area (Å²) in [5.74, 6) is 0.725. The molecule has 1 atom stereocenters. The van der Waals surface area contributed by atoms with Crippen molar-refractivity contribution >= 4 is 38.3 Å². The van der Waals surface area contributed by atoms with Crippen molar-refractivity contribution in [2.24, 2.45) is 0 Å². The third-order valence-corrected chi connectivity index (χ3v) is 5.94. The molecule has 7 heteroatoms. The Hall–Kier alpha value is -2.48. The van der Waals surface area contributed by atoms with Gasteiger partial charge in [0.1, 0.15) is 5.75 Å². The SMILES string of the molecule is CCOc1ccc(N(C(=O)CCOCC2CCCO2)c2nc3ccccc3s2)cc1. The Bertz CT molecular complexity index is 934. The number of aromatic nitrogens is 1. The number of carbonyl (C=O) groups excluding carboxylic acids is 1. The van der Waals surface area contributed by atoms with Gasteiger partial charge in [0.05, 0.1) is 48.2 Å². The van der Waals surface area contributed by atoms with Crippen molar-refractivity contribution < 1.29 is 19.0 Å². The Morgan fingerprint density at radius 1 is 1.23 bits per heavy atom.